The molecule has 104 valence electrons. The maximum Gasteiger partial charge on any atom is 0.222 e. The Morgan fingerprint density at radius 1 is 1.32 bits per heavy atom. The molecule has 1 heterocycles. The predicted octanol–water partition coefficient (Wildman–Crippen LogP) is 2.65. The molecule has 0 spiro atoms. The molecule has 1 aromatic rings. The maximum absolute atomic E-state index is 12.0. The summed E-state index contributed by atoms with van der Waals surface area (Å²) in [6, 6.07) is 10.5. The Bertz CT molecular complexity index is 404. The Morgan fingerprint density at radius 3 is 2.68 bits per heavy atom. The number of carbonyl (C=O) groups is 1. The molecule has 2 atom stereocenters. The molecule has 2 rings (SSSR count). The average molecular weight is 261 g/mol. The third-order valence-corrected chi connectivity index (χ3v) is 3.78. The topological polar surface area (TPSA) is 29.5 Å². The molecule has 0 bridgehead atoms. The Hall–Kier alpha value is -1.35. The van der Waals surface area contributed by atoms with Gasteiger partial charge in [-0.2, -0.15) is 0 Å². The van der Waals surface area contributed by atoms with Crippen LogP contribution >= 0.6 is 0 Å². The van der Waals surface area contributed by atoms with Gasteiger partial charge in [-0.15, -0.1) is 0 Å². The molecule has 3 nitrogen and oxygen atoms in total. The molecule has 0 aliphatic carbocycles. The molecule has 1 saturated heterocycles. The van der Waals surface area contributed by atoms with Crippen molar-refractivity contribution in [3.63, 3.8) is 0 Å². The number of hydrogen-bond donors (Lipinski definition) is 0. The van der Waals surface area contributed by atoms with Gasteiger partial charge in [-0.05, 0) is 25.3 Å². The van der Waals surface area contributed by atoms with Gasteiger partial charge in [0.1, 0.15) is 0 Å². The van der Waals surface area contributed by atoms with E-state index >= 15 is 0 Å². The van der Waals surface area contributed by atoms with Gasteiger partial charge in [0.05, 0.1) is 12.1 Å². The molecule has 19 heavy (non-hydrogen) atoms. The number of hydrogen-bond acceptors (Lipinski definition) is 2. The highest BCUT2D eigenvalue weighted by Crippen LogP contribution is 2.25. The zero-order chi connectivity index (χ0) is 13.7. The van der Waals surface area contributed by atoms with Crippen LogP contribution in [0.15, 0.2) is 30.3 Å². The van der Waals surface area contributed by atoms with E-state index in [0.717, 1.165) is 19.4 Å². The lowest BCUT2D eigenvalue weighted by molar-refractivity contribution is -0.132. The second-order valence-corrected chi connectivity index (χ2v) is 4.98. The zero-order valence-corrected chi connectivity index (χ0v) is 11.8. The first-order valence-corrected chi connectivity index (χ1v) is 7.21. The fourth-order valence-corrected chi connectivity index (χ4v) is 2.84. The van der Waals surface area contributed by atoms with Crippen molar-refractivity contribution in [3.8, 4) is 0 Å². The minimum Gasteiger partial charge on any atom is -0.376 e. The van der Waals surface area contributed by atoms with Crippen LogP contribution in [0.4, 0.5) is 0 Å². The Balaban J connectivity index is 2.12. The first kappa shape index (κ1) is 14.1. The molecule has 1 aliphatic heterocycles. The molecule has 0 radical (unpaired) electrons. The molecule has 1 fully saturated rings. The Labute approximate surface area is 115 Å². The van der Waals surface area contributed by atoms with Crippen molar-refractivity contribution >= 4 is 5.91 Å². The summed E-state index contributed by atoms with van der Waals surface area (Å²) in [5.74, 6) is 0.239. The van der Waals surface area contributed by atoms with Crippen molar-refractivity contribution in [2.45, 2.75) is 45.3 Å². The van der Waals surface area contributed by atoms with Crippen LogP contribution in [0.5, 0.6) is 0 Å². The van der Waals surface area contributed by atoms with E-state index in [0.29, 0.717) is 13.0 Å². The third kappa shape index (κ3) is 3.35. The molecule has 0 aromatic heterocycles. The lowest BCUT2D eigenvalue weighted by Gasteiger charge is -2.28. The van der Waals surface area contributed by atoms with Gasteiger partial charge in [0.2, 0.25) is 5.91 Å². The van der Waals surface area contributed by atoms with E-state index in [9.17, 15) is 4.79 Å². The summed E-state index contributed by atoms with van der Waals surface area (Å²) in [6.07, 6.45) is 2.60. The molecular formula is C16H23NO2. The van der Waals surface area contributed by atoms with Gasteiger partial charge in [0.25, 0.3) is 0 Å². The minimum atomic E-state index is 0.181. The standard InChI is InChI=1S/C16H23NO2/c1-3-16(18)17-11-10-15(19-4-2)14(17)12-13-8-6-5-7-9-13/h5-9,14-15H,3-4,10-12H2,1-2H3/t14-,15-/m1/s1. The summed E-state index contributed by atoms with van der Waals surface area (Å²) < 4.78 is 5.82. The van der Waals surface area contributed by atoms with Crippen LogP contribution in [0.2, 0.25) is 0 Å². The largest absolute Gasteiger partial charge is 0.376 e. The Kier molecular flexibility index (Phi) is 4.97. The first-order valence-electron chi connectivity index (χ1n) is 7.21. The van der Waals surface area contributed by atoms with Crippen molar-refractivity contribution in [3.05, 3.63) is 35.9 Å². The average Bonchev–Trinajstić information content (AvgIpc) is 2.83. The van der Waals surface area contributed by atoms with Gasteiger partial charge < -0.3 is 9.64 Å². The normalized spacial score (nSPS) is 22.7. The van der Waals surface area contributed by atoms with Crippen LogP contribution in [0.25, 0.3) is 0 Å². The van der Waals surface area contributed by atoms with E-state index in [4.69, 9.17) is 4.74 Å². The SMILES string of the molecule is CCO[C@@H]1CCN(C(=O)CC)[C@@H]1Cc1ccccc1. The molecular weight excluding hydrogens is 238 g/mol. The summed E-state index contributed by atoms with van der Waals surface area (Å²) in [7, 11) is 0. The highest BCUT2D eigenvalue weighted by Gasteiger charge is 2.36. The number of benzene rings is 1. The maximum atomic E-state index is 12.0. The van der Waals surface area contributed by atoms with Crippen molar-refractivity contribution in [1.29, 1.82) is 0 Å². The predicted molar refractivity (Wildman–Crippen MR) is 76.0 cm³/mol. The van der Waals surface area contributed by atoms with E-state index in [2.05, 4.69) is 12.1 Å². The van der Waals surface area contributed by atoms with Crippen molar-refractivity contribution in [2.24, 2.45) is 0 Å². The monoisotopic (exact) mass is 261 g/mol. The van der Waals surface area contributed by atoms with Crippen LogP contribution in [-0.2, 0) is 16.0 Å². The van der Waals surface area contributed by atoms with Gasteiger partial charge in [-0.25, -0.2) is 0 Å². The molecule has 0 saturated carbocycles. The molecule has 1 aliphatic rings. The van der Waals surface area contributed by atoms with Crippen molar-refractivity contribution < 1.29 is 9.53 Å². The van der Waals surface area contributed by atoms with Crippen LogP contribution < -0.4 is 0 Å². The Morgan fingerprint density at radius 2 is 2.05 bits per heavy atom. The summed E-state index contributed by atoms with van der Waals surface area (Å²) >= 11 is 0. The molecule has 3 heteroatoms. The quantitative estimate of drug-likeness (QED) is 0.815. The van der Waals surface area contributed by atoms with Crippen molar-refractivity contribution in [2.75, 3.05) is 13.2 Å². The van der Waals surface area contributed by atoms with Crippen LogP contribution in [-0.4, -0.2) is 36.1 Å². The lowest BCUT2D eigenvalue weighted by Crippen LogP contribution is -2.41. The molecule has 1 aromatic carbocycles. The second kappa shape index (κ2) is 6.71. The number of rotatable bonds is 5. The van der Waals surface area contributed by atoms with Crippen LogP contribution in [0.1, 0.15) is 32.3 Å². The highest BCUT2D eigenvalue weighted by molar-refractivity contribution is 5.76. The van der Waals surface area contributed by atoms with E-state index in [-0.39, 0.29) is 18.1 Å². The van der Waals surface area contributed by atoms with Crippen LogP contribution in [0.3, 0.4) is 0 Å². The minimum absolute atomic E-state index is 0.181. The second-order valence-electron chi connectivity index (χ2n) is 4.98. The van der Waals surface area contributed by atoms with Gasteiger partial charge >= 0.3 is 0 Å². The van der Waals surface area contributed by atoms with Gasteiger partial charge in [0, 0.05) is 19.6 Å². The summed E-state index contributed by atoms with van der Waals surface area (Å²) in [6.45, 7) is 5.48. The molecule has 0 unspecified atom stereocenters. The number of amides is 1. The molecule has 1 amide bonds. The number of likely N-dealkylation sites (tertiary alicyclic amines) is 1. The number of ether oxygens (including phenoxy) is 1. The van der Waals surface area contributed by atoms with Gasteiger partial charge in [-0.1, -0.05) is 37.3 Å². The van der Waals surface area contributed by atoms with Crippen molar-refractivity contribution in [1.82, 2.24) is 4.90 Å². The summed E-state index contributed by atoms with van der Waals surface area (Å²) in [5, 5.41) is 0. The van der Waals surface area contributed by atoms with E-state index in [1.807, 2.05) is 36.9 Å². The zero-order valence-electron chi connectivity index (χ0n) is 11.8. The van der Waals surface area contributed by atoms with Crippen LogP contribution in [0, 0.1) is 0 Å². The summed E-state index contributed by atoms with van der Waals surface area (Å²) in [5.41, 5.74) is 1.27. The first-order chi connectivity index (χ1) is 9.26. The van der Waals surface area contributed by atoms with E-state index in [1.54, 1.807) is 0 Å². The lowest BCUT2D eigenvalue weighted by atomic mass is 10.0. The number of nitrogens with zero attached hydrogens (tertiary/aromatic N) is 1. The molecule has 0 N–H and O–H groups in total. The van der Waals surface area contributed by atoms with E-state index in [1.165, 1.54) is 5.56 Å². The fourth-order valence-electron chi connectivity index (χ4n) is 2.84. The highest BCUT2D eigenvalue weighted by atomic mass is 16.5. The third-order valence-electron chi connectivity index (χ3n) is 3.78. The van der Waals surface area contributed by atoms with Gasteiger partial charge in [0.15, 0.2) is 0 Å². The van der Waals surface area contributed by atoms with E-state index < -0.39 is 0 Å². The number of carbonyl (C=O) groups excluding carboxylic acids is 1. The van der Waals surface area contributed by atoms with Gasteiger partial charge in [-0.3, -0.25) is 4.79 Å². The fraction of sp³-hybridized carbons (Fsp3) is 0.562. The smallest absolute Gasteiger partial charge is 0.222 e. The summed E-state index contributed by atoms with van der Waals surface area (Å²) in [4.78, 5) is 14.0.